The van der Waals surface area contributed by atoms with Crippen molar-refractivity contribution in [2.75, 3.05) is 6.54 Å². The predicted molar refractivity (Wildman–Crippen MR) is 88.3 cm³/mol. The molecule has 2 aliphatic rings. The molecule has 0 radical (unpaired) electrons. The van der Waals surface area contributed by atoms with Crippen molar-refractivity contribution in [2.45, 2.75) is 61.9 Å². The molecule has 1 aliphatic heterocycles. The fraction of sp³-hybridized carbons (Fsp3) is 0.588. The van der Waals surface area contributed by atoms with E-state index in [1.165, 1.54) is 22.9 Å². The number of hydrogen-bond acceptors (Lipinski definition) is 3. The van der Waals surface area contributed by atoms with Crippen LogP contribution in [0.1, 0.15) is 44.9 Å². The van der Waals surface area contributed by atoms with Gasteiger partial charge in [-0.25, -0.2) is 12.8 Å². The van der Waals surface area contributed by atoms with Crippen LogP contribution in [-0.2, 0) is 14.8 Å². The van der Waals surface area contributed by atoms with E-state index in [0.29, 0.717) is 19.4 Å². The first-order valence-electron chi connectivity index (χ1n) is 8.56. The second kappa shape index (κ2) is 7.19. The van der Waals surface area contributed by atoms with Crippen LogP contribution in [0.4, 0.5) is 4.39 Å². The van der Waals surface area contributed by atoms with Gasteiger partial charge in [-0.05, 0) is 49.9 Å². The highest BCUT2D eigenvalue weighted by Gasteiger charge is 2.39. The third-order valence-electron chi connectivity index (χ3n) is 4.88. The lowest BCUT2D eigenvalue weighted by molar-refractivity contribution is -0.125. The van der Waals surface area contributed by atoms with E-state index in [2.05, 4.69) is 5.32 Å². The minimum absolute atomic E-state index is 0.0290. The van der Waals surface area contributed by atoms with Crippen LogP contribution in [-0.4, -0.2) is 37.3 Å². The Morgan fingerprint density at radius 3 is 2.38 bits per heavy atom. The number of nitrogens with zero attached hydrogens (tertiary/aromatic N) is 1. The van der Waals surface area contributed by atoms with E-state index in [1.54, 1.807) is 0 Å². The van der Waals surface area contributed by atoms with Crippen molar-refractivity contribution in [3.63, 3.8) is 0 Å². The molecule has 1 N–H and O–H groups in total. The molecule has 7 heteroatoms. The van der Waals surface area contributed by atoms with Crippen LogP contribution in [0.2, 0.25) is 0 Å². The van der Waals surface area contributed by atoms with Gasteiger partial charge in [0.05, 0.1) is 4.90 Å². The van der Waals surface area contributed by atoms with Crippen LogP contribution in [0, 0.1) is 5.82 Å². The maximum atomic E-state index is 13.0. The van der Waals surface area contributed by atoms with Crippen molar-refractivity contribution in [3.8, 4) is 0 Å². The Morgan fingerprint density at radius 1 is 1.04 bits per heavy atom. The first kappa shape index (κ1) is 17.4. The molecule has 1 aromatic carbocycles. The molecule has 1 saturated heterocycles. The number of nitrogens with one attached hydrogen (secondary N) is 1. The fourth-order valence-electron chi connectivity index (χ4n) is 3.58. The van der Waals surface area contributed by atoms with Crippen molar-refractivity contribution >= 4 is 15.9 Å². The van der Waals surface area contributed by atoms with Gasteiger partial charge in [-0.2, -0.15) is 4.31 Å². The standard InChI is InChI=1S/C17H23FN2O3S/c18-13-8-10-15(11-9-13)24(22,23)20-12-4-7-16(20)17(21)19-14-5-2-1-3-6-14/h8-11,14,16H,1-7,12H2,(H,19,21)/t16-/m1/s1. The van der Waals surface area contributed by atoms with E-state index in [9.17, 15) is 17.6 Å². The van der Waals surface area contributed by atoms with Gasteiger partial charge in [0.2, 0.25) is 15.9 Å². The van der Waals surface area contributed by atoms with E-state index < -0.39 is 21.9 Å². The summed E-state index contributed by atoms with van der Waals surface area (Å²) in [4.78, 5) is 12.6. The molecule has 1 amide bonds. The molecule has 1 saturated carbocycles. The van der Waals surface area contributed by atoms with Gasteiger partial charge in [-0.15, -0.1) is 0 Å². The van der Waals surface area contributed by atoms with Crippen LogP contribution in [0.3, 0.4) is 0 Å². The van der Waals surface area contributed by atoms with Crippen molar-refractivity contribution in [3.05, 3.63) is 30.1 Å². The molecule has 3 rings (SSSR count). The smallest absolute Gasteiger partial charge is 0.243 e. The number of hydrogen-bond donors (Lipinski definition) is 1. The highest BCUT2D eigenvalue weighted by molar-refractivity contribution is 7.89. The zero-order valence-corrected chi connectivity index (χ0v) is 14.4. The van der Waals surface area contributed by atoms with Crippen LogP contribution in [0.25, 0.3) is 0 Å². The Kier molecular flexibility index (Phi) is 5.20. The first-order valence-corrected chi connectivity index (χ1v) is 10.0. The summed E-state index contributed by atoms with van der Waals surface area (Å²) in [7, 11) is -3.78. The van der Waals surface area contributed by atoms with Crippen molar-refractivity contribution in [2.24, 2.45) is 0 Å². The van der Waals surface area contributed by atoms with Gasteiger partial charge in [0.1, 0.15) is 11.9 Å². The van der Waals surface area contributed by atoms with Gasteiger partial charge >= 0.3 is 0 Å². The molecule has 24 heavy (non-hydrogen) atoms. The zero-order chi connectivity index (χ0) is 17.2. The topological polar surface area (TPSA) is 66.5 Å². The zero-order valence-electron chi connectivity index (χ0n) is 13.6. The Labute approximate surface area is 142 Å². The second-order valence-corrected chi connectivity index (χ2v) is 8.46. The van der Waals surface area contributed by atoms with Gasteiger partial charge in [0.25, 0.3) is 0 Å². The monoisotopic (exact) mass is 354 g/mol. The van der Waals surface area contributed by atoms with Gasteiger partial charge in [0.15, 0.2) is 0 Å². The second-order valence-electron chi connectivity index (χ2n) is 6.57. The van der Waals surface area contributed by atoms with Crippen LogP contribution in [0.5, 0.6) is 0 Å². The summed E-state index contributed by atoms with van der Waals surface area (Å²) in [5.41, 5.74) is 0. The van der Waals surface area contributed by atoms with Gasteiger partial charge in [-0.3, -0.25) is 4.79 Å². The molecule has 0 spiro atoms. The number of carbonyl (C=O) groups excluding carboxylic acids is 1. The minimum atomic E-state index is -3.78. The van der Waals surface area contributed by atoms with Gasteiger partial charge < -0.3 is 5.32 Å². The van der Waals surface area contributed by atoms with Crippen molar-refractivity contribution in [1.82, 2.24) is 9.62 Å². The Morgan fingerprint density at radius 2 is 1.71 bits per heavy atom. The molecular formula is C17H23FN2O3S. The molecule has 1 aromatic rings. The summed E-state index contributed by atoms with van der Waals surface area (Å²) >= 11 is 0. The largest absolute Gasteiger partial charge is 0.352 e. The molecule has 1 atom stereocenters. The SMILES string of the molecule is O=C(NC1CCCCC1)[C@H]1CCCN1S(=O)(=O)c1ccc(F)cc1. The summed E-state index contributed by atoms with van der Waals surface area (Å²) in [6, 6.07) is 4.24. The number of halogens is 1. The number of carbonyl (C=O) groups is 1. The summed E-state index contributed by atoms with van der Waals surface area (Å²) in [5.74, 6) is -0.688. The summed E-state index contributed by atoms with van der Waals surface area (Å²) in [5, 5.41) is 3.02. The van der Waals surface area contributed by atoms with Crippen LogP contribution >= 0.6 is 0 Å². The average Bonchev–Trinajstić information content (AvgIpc) is 3.07. The molecule has 0 unspecified atom stereocenters. The van der Waals surface area contributed by atoms with Crippen LogP contribution < -0.4 is 5.32 Å². The normalized spacial score (nSPS) is 23.3. The van der Waals surface area contributed by atoms with Crippen molar-refractivity contribution in [1.29, 1.82) is 0 Å². The molecule has 5 nitrogen and oxygen atoms in total. The maximum Gasteiger partial charge on any atom is 0.243 e. The molecule has 0 bridgehead atoms. The van der Waals surface area contributed by atoms with E-state index in [1.807, 2.05) is 0 Å². The lowest BCUT2D eigenvalue weighted by Gasteiger charge is -2.27. The van der Waals surface area contributed by atoms with Crippen LogP contribution in [0.15, 0.2) is 29.2 Å². The molecule has 132 valence electrons. The Hall–Kier alpha value is -1.47. The highest BCUT2D eigenvalue weighted by atomic mass is 32.2. The predicted octanol–water partition coefficient (Wildman–Crippen LogP) is 2.43. The third kappa shape index (κ3) is 3.62. The van der Waals surface area contributed by atoms with E-state index >= 15 is 0 Å². The number of amides is 1. The summed E-state index contributed by atoms with van der Waals surface area (Å²) in [6.45, 7) is 0.322. The van der Waals surface area contributed by atoms with Gasteiger partial charge in [-0.1, -0.05) is 19.3 Å². The fourth-order valence-corrected chi connectivity index (χ4v) is 5.23. The summed E-state index contributed by atoms with van der Waals surface area (Å²) in [6.07, 6.45) is 6.51. The Balaban J connectivity index is 1.74. The average molecular weight is 354 g/mol. The molecule has 2 fully saturated rings. The maximum absolute atomic E-state index is 13.0. The van der Waals surface area contributed by atoms with Crippen molar-refractivity contribution < 1.29 is 17.6 Å². The highest BCUT2D eigenvalue weighted by Crippen LogP contribution is 2.27. The molecule has 1 aliphatic carbocycles. The molecule has 0 aromatic heterocycles. The summed E-state index contributed by atoms with van der Waals surface area (Å²) < 4.78 is 39.9. The van der Waals surface area contributed by atoms with E-state index in [4.69, 9.17) is 0 Å². The Bertz CT molecular complexity index is 684. The minimum Gasteiger partial charge on any atom is -0.352 e. The quantitative estimate of drug-likeness (QED) is 0.903. The molecule has 1 heterocycles. The lowest BCUT2D eigenvalue weighted by atomic mass is 9.95. The lowest BCUT2D eigenvalue weighted by Crippen LogP contribution is -2.49. The number of rotatable bonds is 4. The number of sulfonamides is 1. The van der Waals surface area contributed by atoms with E-state index in [-0.39, 0.29) is 16.8 Å². The third-order valence-corrected chi connectivity index (χ3v) is 6.80. The van der Waals surface area contributed by atoms with Gasteiger partial charge in [0, 0.05) is 12.6 Å². The number of benzene rings is 1. The van der Waals surface area contributed by atoms with E-state index in [0.717, 1.165) is 37.8 Å². The molecular weight excluding hydrogens is 331 g/mol. The first-order chi connectivity index (χ1) is 11.5.